The van der Waals surface area contributed by atoms with E-state index in [2.05, 4.69) is 57.4 Å². The summed E-state index contributed by atoms with van der Waals surface area (Å²) in [6, 6.07) is 16.7. The van der Waals surface area contributed by atoms with Crippen molar-refractivity contribution in [1.29, 1.82) is 5.26 Å². The Morgan fingerprint density at radius 1 is 1.05 bits per heavy atom. The Morgan fingerprint density at radius 3 is 2.53 bits per heavy atom. The highest BCUT2D eigenvalue weighted by atomic mass is 32.2. The van der Waals surface area contributed by atoms with Crippen LogP contribution in [0.2, 0.25) is 0 Å². The third-order valence-electron chi connectivity index (χ3n) is 7.00. The lowest BCUT2D eigenvalue weighted by Gasteiger charge is -2.33. The summed E-state index contributed by atoms with van der Waals surface area (Å²) in [5.41, 5.74) is 7.36. The van der Waals surface area contributed by atoms with E-state index >= 15 is 0 Å². The molecule has 4 aromatic rings. The Balaban J connectivity index is 1.30. The van der Waals surface area contributed by atoms with Crippen LogP contribution < -0.4 is 5.32 Å². The number of benzene rings is 2. The molecule has 1 aliphatic rings. The summed E-state index contributed by atoms with van der Waals surface area (Å²) in [7, 11) is -3.12. The summed E-state index contributed by atoms with van der Waals surface area (Å²) in [5.74, 6) is 0. The molecule has 1 fully saturated rings. The Morgan fingerprint density at radius 2 is 1.82 bits per heavy atom. The Kier molecular flexibility index (Phi) is 7.29. The second kappa shape index (κ2) is 10.8. The molecule has 0 spiro atoms. The van der Waals surface area contributed by atoms with Crippen molar-refractivity contribution in [2.24, 2.45) is 0 Å². The summed E-state index contributed by atoms with van der Waals surface area (Å²) in [6.07, 6.45) is 10.5. The largest absolute Gasteiger partial charge is 0.361 e. The zero-order chi connectivity index (χ0) is 26.7. The Hall–Kier alpha value is -3.97. The van der Waals surface area contributed by atoms with Crippen molar-refractivity contribution in [2.75, 3.05) is 37.8 Å². The van der Waals surface area contributed by atoms with Gasteiger partial charge >= 0.3 is 0 Å². The highest BCUT2D eigenvalue weighted by molar-refractivity contribution is 7.88. The van der Waals surface area contributed by atoms with Gasteiger partial charge in [-0.15, -0.1) is 0 Å². The molecule has 1 saturated heterocycles. The molecule has 38 heavy (non-hydrogen) atoms. The smallest absolute Gasteiger partial charge is 0.211 e. The average molecular weight is 527 g/mol. The molecule has 3 heterocycles. The van der Waals surface area contributed by atoms with Crippen LogP contribution in [0.25, 0.3) is 23.1 Å². The molecule has 0 aliphatic carbocycles. The van der Waals surface area contributed by atoms with Crippen LogP contribution >= 0.6 is 0 Å². The number of nitrogens with zero attached hydrogens (tertiary/aromatic N) is 4. The number of pyridine rings is 1. The summed E-state index contributed by atoms with van der Waals surface area (Å²) in [6.45, 7) is 5.37. The van der Waals surface area contributed by atoms with Crippen molar-refractivity contribution in [3.8, 4) is 6.07 Å². The molecule has 9 heteroatoms. The van der Waals surface area contributed by atoms with Gasteiger partial charge in [-0.05, 0) is 41.8 Å². The number of nitriles is 1. The fourth-order valence-electron chi connectivity index (χ4n) is 4.78. The lowest BCUT2D eigenvalue weighted by Crippen LogP contribution is -2.47. The van der Waals surface area contributed by atoms with Crippen molar-refractivity contribution in [3.05, 3.63) is 88.9 Å². The number of H-pyrrole nitrogens is 1. The van der Waals surface area contributed by atoms with E-state index in [-0.39, 0.29) is 0 Å². The average Bonchev–Trinajstić information content (AvgIpc) is 3.40. The molecule has 2 N–H and O–H groups in total. The minimum Gasteiger partial charge on any atom is -0.361 e. The third kappa shape index (κ3) is 5.63. The fraction of sp³-hybridized carbons (Fsp3) is 0.241. The number of anilines is 2. The minimum atomic E-state index is -3.12. The van der Waals surface area contributed by atoms with Gasteiger partial charge in [0, 0.05) is 73.5 Å². The highest BCUT2D eigenvalue weighted by Gasteiger charge is 2.23. The van der Waals surface area contributed by atoms with E-state index in [0.29, 0.717) is 18.7 Å². The molecule has 0 unspecified atom stereocenters. The maximum atomic E-state index is 11.7. The molecular formula is C29H30N6O2S. The van der Waals surface area contributed by atoms with Crippen LogP contribution in [-0.2, 0) is 16.6 Å². The number of aryl methyl sites for hydroxylation is 1. The first-order valence-electron chi connectivity index (χ1n) is 12.5. The summed E-state index contributed by atoms with van der Waals surface area (Å²) >= 11 is 0. The summed E-state index contributed by atoms with van der Waals surface area (Å²) in [5, 5.41) is 14.3. The number of fused-ring (bicyclic) bond motifs is 1. The van der Waals surface area contributed by atoms with E-state index in [9.17, 15) is 13.7 Å². The maximum absolute atomic E-state index is 11.7. The molecule has 0 bridgehead atoms. The second-order valence-corrected chi connectivity index (χ2v) is 11.6. The van der Waals surface area contributed by atoms with Crippen LogP contribution in [0, 0.1) is 18.3 Å². The van der Waals surface area contributed by atoms with E-state index in [1.54, 1.807) is 12.4 Å². The van der Waals surface area contributed by atoms with Gasteiger partial charge in [0.05, 0.1) is 17.5 Å². The molecular weight excluding hydrogens is 496 g/mol. The predicted octanol–water partition coefficient (Wildman–Crippen LogP) is 4.73. The number of aromatic amines is 1. The first kappa shape index (κ1) is 25.7. The first-order chi connectivity index (χ1) is 18.3. The first-order valence-corrected chi connectivity index (χ1v) is 14.3. The van der Waals surface area contributed by atoms with Crippen molar-refractivity contribution in [1.82, 2.24) is 19.2 Å². The monoisotopic (exact) mass is 526 g/mol. The molecule has 8 nitrogen and oxygen atoms in total. The van der Waals surface area contributed by atoms with Crippen LogP contribution in [0.15, 0.2) is 61.1 Å². The van der Waals surface area contributed by atoms with Gasteiger partial charge in [0.15, 0.2) is 0 Å². The Labute approximate surface area is 223 Å². The lowest BCUT2D eigenvalue weighted by molar-refractivity contribution is 0.182. The maximum Gasteiger partial charge on any atom is 0.211 e. The lowest BCUT2D eigenvalue weighted by atomic mass is 10.1. The normalized spacial score (nSPS) is 15.2. The van der Waals surface area contributed by atoms with Crippen molar-refractivity contribution in [2.45, 2.75) is 13.5 Å². The minimum absolute atomic E-state index is 0.479. The van der Waals surface area contributed by atoms with Gasteiger partial charge in [-0.1, -0.05) is 36.4 Å². The van der Waals surface area contributed by atoms with E-state index in [1.165, 1.54) is 16.1 Å². The highest BCUT2D eigenvalue weighted by Crippen LogP contribution is 2.31. The van der Waals surface area contributed by atoms with Crippen LogP contribution in [0.5, 0.6) is 0 Å². The number of hydrogen-bond acceptors (Lipinski definition) is 6. The summed E-state index contributed by atoms with van der Waals surface area (Å²) < 4.78 is 25.0. The number of rotatable bonds is 7. The zero-order valence-corrected chi connectivity index (χ0v) is 22.3. The SMILES string of the molecule is Cc1c(Nc2c(C#N)cncc2/C=C/c2ccc(CN3CCN(S(C)(=O)=O)CC3)cc2)ccc2[nH]ccc12. The quantitative estimate of drug-likeness (QED) is 0.361. The molecule has 2 aromatic carbocycles. The number of piperazine rings is 1. The molecule has 0 amide bonds. The van der Waals surface area contributed by atoms with Crippen LogP contribution in [-0.4, -0.2) is 60.0 Å². The molecule has 0 radical (unpaired) electrons. The molecule has 1 aliphatic heterocycles. The number of sulfonamides is 1. The van der Waals surface area contributed by atoms with Gasteiger partial charge < -0.3 is 10.3 Å². The van der Waals surface area contributed by atoms with Crippen LogP contribution in [0.4, 0.5) is 11.4 Å². The van der Waals surface area contributed by atoms with Crippen molar-refractivity contribution in [3.63, 3.8) is 0 Å². The fourth-order valence-corrected chi connectivity index (χ4v) is 5.61. The van der Waals surface area contributed by atoms with Gasteiger partial charge in [-0.25, -0.2) is 8.42 Å². The van der Waals surface area contributed by atoms with Gasteiger partial charge in [0.1, 0.15) is 6.07 Å². The van der Waals surface area contributed by atoms with E-state index in [1.807, 2.05) is 36.5 Å². The second-order valence-electron chi connectivity index (χ2n) is 9.58. The summed E-state index contributed by atoms with van der Waals surface area (Å²) in [4.78, 5) is 9.77. The molecule has 0 atom stereocenters. The molecule has 0 saturated carbocycles. The van der Waals surface area contributed by atoms with E-state index in [4.69, 9.17) is 0 Å². The molecule has 5 rings (SSSR count). The Bertz CT molecular complexity index is 1630. The molecule has 2 aromatic heterocycles. The van der Waals surface area contributed by atoms with Crippen molar-refractivity contribution < 1.29 is 8.42 Å². The van der Waals surface area contributed by atoms with E-state index < -0.39 is 10.0 Å². The van der Waals surface area contributed by atoms with Crippen molar-refractivity contribution >= 4 is 44.5 Å². The van der Waals surface area contributed by atoms with Gasteiger partial charge in [0.25, 0.3) is 0 Å². The predicted molar refractivity (Wildman–Crippen MR) is 152 cm³/mol. The van der Waals surface area contributed by atoms with Crippen LogP contribution in [0.3, 0.4) is 0 Å². The topological polar surface area (TPSA) is 105 Å². The van der Waals surface area contributed by atoms with Gasteiger partial charge in [-0.3, -0.25) is 9.88 Å². The standard InChI is InChI=1S/C29H30N6O2S/c1-21-26-11-12-32-28(26)10-9-27(21)33-29-24(18-31-19-25(29)17-30)8-7-22-3-5-23(6-4-22)20-34-13-15-35(16-14-34)38(2,36)37/h3-12,18-19,32H,13-16,20H2,1-2H3,(H,31,33)/b8-7+. The van der Waals surface area contributed by atoms with Gasteiger partial charge in [-0.2, -0.15) is 9.57 Å². The van der Waals surface area contributed by atoms with E-state index in [0.717, 1.165) is 58.6 Å². The molecule has 194 valence electrons. The van der Waals surface area contributed by atoms with Gasteiger partial charge in [0.2, 0.25) is 10.0 Å². The third-order valence-corrected chi connectivity index (χ3v) is 8.30. The zero-order valence-electron chi connectivity index (χ0n) is 21.5. The number of hydrogen-bond donors (Lipinski definition) is 2. The number of nitrogens with one attached hydrogen (secondary N) is 2. The van der Waals surface area contributed by atoms with Crippen LogP contribution in [0.1, 0.15) is 27.8 Å². The number of aromatic nitrogens is 2.